The molecule has 3 rings (SSSR count). The molecule has 0 radical (unpaired) electrons. The summed E-state index contributed by atoms with van der Waals surface area (Å²) in [5, 5.41) is 6.80. The largest absolute Gasteiger partial charge is 0.356 e. The fourth-order valence-electron chi connectivity index (χ4n) is 3.49. The second-order valence-corrected chi connectivity index (χ2v) is 9.23. The number of hydrogen-bond acceptors (Lipinski definition) is 3. The Hall–Kier alpha value is -0.870. The zero-order valence-corrected chi connectivity index (χ0v) is 19.1. The van der Waals surface area contributed by atoms with Gasteiger partial charge in [-0.3, -0.25) is 4.99 Å². The molecular formula is C19H31IN4O2S. The molecule has 0 amide bonds. The number of rotatable bonds is 6. The van der Waals surface area contributed by atoms with Gasteiger partial charge in [-0.1, -0.05) is 24.6 Å². The topological polar surface area (TPSA) is 73.8 Å². The summed E-state index contributed by atoms with van der Waals surface area (Å²) in [6.07, 6.45) is 5.73. The Bertz CT molecular complexity index is 700. The average molecular weight is 506 g/mol. The van der Waals surface area contributed by atoms with Crippen molar-refractivity contribution in [3.8, 4) is 0 Å². The molecule has 6 nitrogen and oxygen atoms in total. The maximum Gasteiger partial charge on any atom is 0.243 e. The van der Waals surface area contributed by atoms with Crippen LogP contribution in [0.25, 0.3) is 0 Å². The van der Waals surface area contributed by atoms with Gasteiger partial charge in [-0.05, 0) is 49.7 Å². The van der Waals surface area contributed by atoms with Crippen molar-refractivity contribution in [2.75, 3.05) is 33.2 Å². The van der Waals surface area contributed by atoms with Crippen molar-refractivity contribution in [2.45, 2.75) is 37.0 Å². The van der Waals surface area contributed by atoms with Gasteiger partial charge in [0.2, 0.25) is 10.0 Å². The molecule has 2 fully saturated rings. The molecule has 1 heterocycles. The SMILES string of the molecule is CN=C(NCC1CCC1)NCC1CCN(S(=O)(=O)c2ccccc2)CC1.I. The fourth-order valence-corrected chi connectivity index (χ4v) is 4.99. The van der Waals surface area contributed by atoms with Gasteiger partial charge >= 0.3 is 0 Å². The van der Waals surface area contributed by atoms with E-state index in [1.165, 1.54) is 19.3 Å². The van der Waals surface area contributed by atoms with E-state index in [0.29, 0.717) is 23.9 Å². The van der Waals surface area contributed by atoms with Crippen LogP contribution in [0.15, 0.2) is 40.2 Å². The molecule has 0 spiro atoms. The first-order chi connectivity index (χ1) is 12.6. The standard InChI is InChI=1S/C19H30N4O2S.HI/c1-20-19(21-14-16-6-5-7-16)22-15-17-10-12-23(13-11-17)26(24,25)18-8-3-2-4-9-18;/h2-4,8-9,16-17H,5-7,10-15H2,1H3,(H2,20,21,22);1H. The highest BCUT2D eigenvalue weighted by Gasteiger charge is 2.29. The second-order valence-electron chi connectivity index (χ2n) is 7.29. The lowest BCUT2D eigenvalue weighted by atomic mass is 9.85. The zero-order valence-electron chi connectivity index (χ0n) is 15.9. The van der Waals surface area contributed by atoms with Gasteiger partial charge in [-0.15, -0.1) is 24.0 Å². The average Bonchev–Trinajstić information content (AvgIpc) is 2.64. The predicted octanol–water partition coefficient (Wildman–Crippen LogP) is 2.67. The molecule has 0 aromatic heterocycles. The van der Waals surface area contributed by atoms with Crippen molar-refractivity contribution in [3.63, 3.8) is 0 Å². The highest BCUT2D eigenvalue weighted by molar-refractivity contribution is 14.0. The smallest absolute Gasteiger partial charge is 0.243 e. The summed E-state index contributed by atoms with van der Waals surface area (Å²) in [7, 11) is -1.56. The van der Waals surface area contributed by atoms with Gasteiger partial charge in [0.15, 0.2) is 5.96 Å². The highest BCUT2D eigenvalue weighted by Crippen LogP contribution is 2.25. The Morgan fingerprint density at radius 1 is 1.04 bits per heavy atom. The van der Waals surface area contributed by atoms with Crippen molar-refractivity contribution >= 4 is 40.0 Å². The molecule has 1 aliphatic heterocycles. The summed E-state index contributed by atoms with van der Waals surface area (Å²) < 4.78 is 27.0. The van der Waals surface area contributed by atoms with Crippen molar-refractivity contribution in [1.82, 2.24) is 14.9 Å². The Morgan fingerprint density at radius 2 is 1.59 bits per heavy atom. The van der Waals surface area contributed by atoms with Gasteiger partial charge < -0.3 is 10.6 Å². The molecule has 1 saturated heterocycles. The van der Waals surface area contributed by atoms with E-state index in [2.05, 4.69) is 15.6 Å². The van der Waals surface area contributed by atoms with Gasteiger partial charge in [-0.2, -0.15) is 4.31 Å². The quantitative estimate of drug-likeness (QED) is 0.354. The van der Waals surface area contributed by atoms with E-state index in [1.54, 1.807) is 35.6 Å². The molecule has 8 heteroatoms. The Balaban J connectivity index is 0.00000261. The zero-order chi connectivity index (χ0) is 18.4. The van der Waals surface area contributed by atoms with Crippen LogP contribution in [0, 0.1) is 11.8 Å². The first-order valence-corrected chi connectivity index (χ1v) is 11.0. The molecule has 2 N–H and O–H groups in total. The molecule has 0 atom stereocenters. The van der Waals surface area contributed by atoms with Gasteiger partial charge in [0.1, 0.15) is 0 Å². The first kappa shape index (κ1) is 22.4. The number of nitrogens with zero attached hydrogens (tertiary/aromatic N) is 2. The number of piperidine rings is 1. The minimum absolute atomic E-state index is 0. The Labute approximate surface area is 180 Å². The second kappa shape index (κ2) is 10.6. The van der Waals surface area contributed by atoms with E-state index in [0.717, 1.165) is 37.8 Å². The predicted molar refractivity (Wildman–Crippen MR) is 120 cm³/mol. The van der Waals surface area contributed by atoms with Gasteiger partial charge in [0.25, 0.3) is 0 Å². The minimum Gasteiger partial charge on any atom is -0.356 e. The summed E-state index contributed by atoms with van der Waals surface area (Å²) >= 11 is 0. The number of hydrogen-bond donors (Lipinski definition) is 2. The van der Waals surface area contributed by atoms with Crippen molar-refractivity contribution in [1.29, 1.82) is 0 Å². The molecule has 0 bridgehead atoms. The third-order valence-corrected chi connectivity index (χ3v) is 7.43. The van der Waals surface area contributed by atoms with Crippen LogP contribution in [0.2, 0.25) is 0 Å². The first-order valence-electron chi connectivity index (χ1n) is 9.59. The number of aliphatic imine (C=N–C) groups is 1. The van der Waals surface area contributed by atoms with E-state index in [9.17, 15) is 8.42 Å². The number of sulfonamides is 1. The van der Waals surface area contributed by atoms with Crippen molar-refractivity contribution < 1.29 is 8.42 Å². The lowest BCUT2D eigenvalue weighted by Gasteiger charge is -2.32. The van der Waals surface area contributed by atoms with Crippen LogP contribution in [-0.4, -0.2) is 51.9 Å². The molecule has 1 aliphatic carbocycles. The number of guanidine groups is 1. The summed E-state index contributed by atoms with van der Waals surface area (Å²) in [6.45, 7) is 2.99. The van der Waals surface area contributed by atoms with E-state index in [4.69, 9.17) is 0 Å². The Kier molecular flexibility index (Phi) is 8.81. The van der Waals surface area contributed by atoms with Gasteiger partial charge in [-0.25, -0.2) is 8.42 Å². The maximum absolute atomic E-state index is 12.7. The maximum atomic E-state index is 12.7. The third-order valence-electron chi connectivity index (χ3n) is 5.52. The molecule has 1 aromatic carbocycles. The number of halogens is 1. The van der Waals surface area contributed by atoms with Crippen LogP contribution in [0.1, 0.15) is 32.1 Å². The normalized spacial score (nSPS) is 19.8. The Morgan fingerprint density at radius 3 is 2.07 bits per heavy atom. The monoisotopic (exact) mass is 506 g/mol. The summed E-state index contributed by atoms with van der Waals surface area (Å²) in [5.41, 5.74) is 0. The van der Waals surface area contributed by atoms with Gasteiger partial charge in [0.05, 0.1) is 4.90 Å². The van der Waals surface area contributed by atoms with E-state index >= 15 is 0 Å². The van der Waals surface area contributed by atoms with E-state index in [-0.39, 0.29) is 24.0 Å². The lowest BCUT2D eigenvalue weighted by Crippen LogP contribution is -2.45. The lowest BCUT2D eigenvalue weighted by molar-refractivity contribution is 0.273. The van der Waals surface area contributed by atoms with Crippen molar-refractivity contribution in [3.05, 3.63) is 30.3 Å². The molecule has 0 unspecified atom stereocenters. The fraction of sp³-hybridized carbons (Fsp3) is 0.632. The molecule has 1 saturated carbocycles. The summed E-state index contributed by atoms with van der Waals surface area (Å²) in [6, 6.07) is 8.71. The van der Waals surface area contributed by atoms with Crippen LogP contribution in [0.5, 0.6) is 0 Å². The highest BCUT2D eigenvalue weighted by atomic mass is 127. The molecule has 2 aliphatic rings. The van der Waals surface area contributed by atoms with Crippen LogP contribution in [0.3, 0.4) is 0 Å². The van der Waals surface area contributed by atoms with E-state index < -0.39 is 10.0 Å². The summed E-state index contributed by atoms with van der Waals surface area (Å²) in [5.74, 6) is 2.12. The number of benzene rings is 1. The molecule has 1 aromatic rings. The molecule has 27 heavy (non-hydrogen) atoms. The van der Waals surface area contributed by atoms with Crippen LogP contribution in [0.4, 0.5) is 0 Å². The third kappa shape index (κ3) is 6.05. The molecular weight excluding hydrogens is 475 g/mol. The minimum atomic E-state index is -3.36. The van der Waals surface area contributed by atoms with Crippen LogP contribution < -0.4 is 10.6 Å². The van der Waals surface area contributed by atoms with E-state index in [1.807, 2.05) is 6.07 Å². The van der Waals surface area contributed by atoms with Crippen LogP contribution >= 0.6 is 24.0 Å². The van der Waals surface area contributed by atoms with Gasteiger partial charge in [0, 0.05) is 33.2 Å². The molecule has 152 valence electrons. The summed E-state index contributed by atoms with van der Waals surface area (Å²) in [4.78, 5) is 4.67. The van der Waals surface area contributed by atoms with Crippen LogP contribution in [-0.2, 0) is 10.0 Å². The van der Waals surface area contributed by atoms with Crippen molar-refractivity contribution in [2.24, 2.45) is 16.8 Å². The number of nitrogens with one attached hydrogen (secondary N) is 2.